The molecule has 1 heterocycles. The molecule has 1 amide bonds. The summed E-state index contributed by atoms with van der Waals surface area (Å²) in [6.07, 6.45) is 6.47. The Labute approximate surface area is 122 Å². The Morgan fingerprint density at radius 3 is 2.53 bits per heavy atom. The predicted octanol–water partition coefficient (Wildman–Crippen LogP) is 3.10. The summed E-state index contributed by atoms with van der Waals surface area (Å²) in [7, 11) is 0. The standard InChI is InChI=1S/C15H30N2OS/c1-6-8-13-15(18)17(12(7-2)10-19-5)14(16-13)9-11(3)4/h11-14,16H,6-10H2,1-5H3. The van der Waals surface area contributed by atoms with Crippen molar-refractivity contribution in [1.82, 2.24) is 10.2 Å². The molecule has 0 aliphatic carbocycles. The first-order valence-electron chi connectivity index (χ1n) is 7.62. The molecule has 0 bridgehead atoms. The van der Waals surface area contributed by atoms with Crippen LogP contribution in [-0.2, 0) is 4.79 Å². The predicted molar refractivity (Wildman–Crippen MR) is 84.4 cm³/mol. The lowest BCUT2D eigenvalue weighted by Gasteiger charge is -2.32. The van der Waals surface area contributed by atoms with Crippen LogP contribution in [-0.4, -0.2) is 41.1 Å². The highest BCUT2D eigenvalue weighted by molar-refractivity contribution is 7.98. The fraction of sp³-hybridized carbons (Fsp3) is 0.933. The second kappa shape index (κ2) is 8.15. The van der Waals surface area contributed by atoms with Crippen molar-refractivity contribution in [2.75, 3.05) is 12.0 Å². The summed E-state index contributed by atoms with van der Waals surface area (Å²) in [6, 6.07) is 0.422. The Bertz CT molecular complexity index is 283. The van der Waals surface area contributed by atoms with E-state index >= 15 is 0 Å². The van der Waals surface area contributed by atoms with E-state index in [-0.39, 0.29) is 12.2 Å². The van der Waals surface area contributed by atoms with E-state index in [4.69, 9.17) is 0 Å². The third kappa shape index (κ3) is 4.38. The molecule has 1 rings (SSSR count). The molecule has 0 aromatic heterocycles. The van der Waals surface area contributed by atoms with Crippen LogP contribution in [0.5, 0.6) is 0 Å². The number of hydrogen-bond acceptors (Lipinski definition) is 3. The zero-order valence-corrected chi connectivity index (χ0v) is 13.9. The van der Waals surface area contributed by atoms with Gasteiger partial charge in [0.05, 0.1) is 12.2 Å². The molecule has 3 nitrogen and oxygen atoms in total. The van der Waals surface area contributed by atoms with Gasteiger partial charge in [0.1, 0.15) is 0 Å². The highest BCUT2D eigenvalue weighted by atomic mass is 32.2. The van der Waals surface area contributed by atoms with Crippen molar-refractivity contribution in [2.24, 2.45) is 5.92 Å². The molecule has 1 N–H and O–H groups in total. The maximum atomic E-state index is 12.6. The summed E-state index contributed by atoms with van der Waals surface area (Å²) < 4.78 is 0. The maximum absolute atomic E-state index is 12.6. The molecule has 0 radical (unpaired) electrons. The molecule has 1 aliphatic heterocycles. The minimum atomic E-state index is 0.0460. The molecule has 0 spiro atoms. The Kier molecular flexibility index (Phi) is 7.22. The number of hydrogen-bond donors (Lipinski definition) is 1. The molecule has 0 aromatic carbocycles. The number of nitrogens with zero attached hydrogens (tertiary/aromatic N) is 1. The molecule has 3 unspecified atom stereocenters. The number of carbonyl (C=O) groups is 1. The van der Waals surface area contributed by atoms with Gasteiger partial charge in [-0.05, 0) is 31.4 Å². The van der Waals surface area contributed by atoms with E-state index in [9.17, 15) is 4.79 Å². The van der Waals surface area contributed by atoms with Crippen molar-refractivity contribution < 1.29 is 4.79 Å². The molecule has 1 aliphatic rings. The van der Waals surface area contributed by atoms with Crippen molar-refractivity contribution in [3.8, 4) is 0 Å². The molecular formula is C15H30N2OS. The summed E-state index contributed by atoms with van der Waals surface area (Å²) in [5, 5.41) is 3.56. The SMILES string of the molecule is CCCC1NC(CC(C)C)N(C(CC)CSC)C1=O. The van der Waals surface area contributed by atoms with E-state index in [1.165, 1.54) is 0 Å². The number of carbonyl (C=O) groups excluding carboxylic acids is 1. The molecule has 0 aromatic rings. The highest BCUT2D eigenvalue weighted by Crippen LogP contribution is 2.25. The zero-order chi connectivity index (χ0) is 14.4. The van der Waals surface area contributed by atoms with Crippen LogP contribution >= 0.6 is 11.8 Å². The van der Waals surface area contributed by atoms with Gasteiger partial charge in [0.2, 0.25) is 5.91 Å². The van der Waals surface area contributed by atoms with Crippen LogP contribution in [0, 0.1) is 5.92 Å². The fourth-order valence-electron chi connectivity index (χ4n) is 2.86. The van der Waals surface area contributed by atoms with Crippen molar-refractivity contribution in [3.63, 3.8) is 0 Å². The summed E-state index contributed by atoms with van der Waals surface area (Å²) in [4.78, 5) is 14.8. The third-order valence-corrected chi connectivity index (χ3v) is 4.50. The average molecular weight is 286 g/mol. The normalized spacial score (nSPS) is 25.4. The molecule has 4 heteroatoms. The van der Waals surface area contributed by atoms with Gasteiger partial charge in [-0.15, -0.1) is 0 Å². The lowest BCUT2D eigenvalue weighted by Crippen LogP contribution is -2.46. The summed E-state index contributed by atoms with van der Waals surface area (Å²) in [5.74, 6) is 1.98. The zero-order valence-electron chi connectivity index (χ0n) is 13.1. The number of thioether (sulfide) groups is 1. The smallest absolute Gasteiger partial charge is 0.241 e. The molecular weight excluding hydrogens is 256 g/mol. The van der Waals surface area contributed by atoms with Crippen molar-refractivity contribution in [1.29, 1.82) is 0 Å². The van der Waals surface area contributed by atoms with E-state index in [1.54, 1.807) is 0 Å². The first-order chi connectivity index (χ1) is 9.04. The Hall–Kier alpha value is -0.220. The van der Waals surface area contributed by atoms with Crippen LogP contribution in [0.4, 0.5) is 0 Å². The highest BCUT2D eigenvalue weighted by Gasteiger charge is 2.41. The van der Waals surface area contributed by atoms with Crippen molar-refractivity contribution in [3.05, 3.63) is 0 Å². The van der Waals surface area contributed by atoms with Crippen LogP contribution in [0.2, 0.25) is 0 Å². The largest absolute Gasteiger partial charge is 0.322 e. The summed E-state index contributed by atoms with van der Waals surface area (Å²) in [5.41, 5.74) is 0. The second-order valence-electron chi connectivity index (χ2n) is 5.92. The van der Waals surface area contributed by atoms with Gasteiger partial charge in [0, 0.05) is 11.8 Å². The minimum Gasteiger partial charge on any atom is -0.322 e. The summed E-state index contributed by atoms with van der Waals surface area (Å²) in [6.45, 7) is 8.79. The Morgan fingerprint density at radius 2 is 2.05 bits per heavy atom. The summed E-state index contributed by atoms with van der Waals surface area (Å²) >= 11 is 1.84. The number of rotatable bonds is 8. The second-order valence-corrected chi connectivity index (χ2v) is 6.83. The van der Waals surface area contributed by atoms with Gasteiger partial charge in [0.25, 0.3) is 0 Å². The van der Waals surface area contributed by atoms with Crippen LogP contribution in [0.1, 0.15) is 53.4 Å². The van der Waals surface area contributed by atoms with Crippen molar-refractivity contribution >= 4 is 17.7 Å². The van der Waals surface area contributed by atoms with Gasteiger partial charge < -0.3 is 4.90 Å². The number of amides is 1. The van der Waals surface area contributed by atoms with Crippen LogP contribution < -0.4 is 5.32 Å². The van der Waals surface area contributed by atoms with E-state index < -0.39 is 0 Å². The molecule has 3 atom stereocenters. The third-order valence-electron chi connectivity index (χ3n) is 3.78. The van der Waals surface area contributed by atoms with Crippen LogP contribution in [0.3, 0.4) is 0 Å². The van der Waals surface area contributed by atoms with Gasteiger partial charge in [0.15, 0.2) is 0 Å². The lowest BCUT2D eigenvalue weighted by molar-refractivity contribution is -0.132. The maximum Gasteiger partial charge on any atom is 0.241 e. The van der Waals surface area contributed by atoms with E-state index in [1.807, 2.05) is 11.8 Å². The van der Waals surface area contributed by atoms with E-state index in [0.717, 1.165) is 31.4 Å². The Balaban J connectivity index is 2.83. The average Bonchev–Trinajstić information content (AvgIpc) is 2.63. The van der Waals surface area contributed by atoms with Crippen molar-refractivity contribution in [2.45, 2.75) is 71.6 Å². The van der Waals surface area contributed by atoms with Gasteiger partial charge >= 0.3 is 0 Å². The topological polar surface area (TPSA) is 32.3 Å². The van der Waals surface area contributed by atoms with Gasteiger partial charge in [-0.25, -0.2) is 0 Å². The first-order valence-corrected chi connectivity index (χ1v) is 9.01. The van der Waals surface area contributed by atoms with E-state index in [0.29, 0.717) is 17.9 Å². The number of nitrogens with one attached hydrogen (secondary N) is 1. The molecule has 0 saturated carbocycles. The molecule has 1 saturated heterocycles. The van der Waals surface area contributed by atoms with Gasteiger partial charge in [-0.2, -0.15) is 11.8 Å². The van der Waals surface area contributed by atoms with Gasteiger partial charge in [-0.3, -0.25) is 10.1 Å². The van der Waals surface area contributed by atoms with Crippen LogP contribution in [0.25, 0.3) is 0 Å². The monoisotopic (exact) mass is 286 g/mol. The fourth-order valence-corrected chi connectivity index (χ4v) is 3.64. The quantitative estimate of drug-likeness (QED) is 0.744. The van der Waals surface area contributed by atoms with Crippen LogP contribution in [0.15, 0.2) is 0 Å². The Morgan fingerprint density at radius 1 is 1.37 bits per heavy atom. The molecule has 1 fully saturated rings. The molecule has 112 valence electrons. The molecule has 19 heavy (non-hydrogen) atoms. The van der Waals surface area contributed by atoms with Gasteiger partial charge in [-0.1, -0.05) is 34.1 Å². The lowest BCUT2D eigenvalue weighted by atomic mass is 10.1. The van der Waals surface area contributed by atoms with E-state index in [2.05, 4.69) is 44.2 Å². The first kappa shape index (κ1) is 16.8. The minimum absolute atomic E-state index is 0.0460.